The minimum atomic E-state index is -0.265. The van der Waals surface area contributed by atoms with E-state index in [1.165, 1.54) is 18.5 Å². The second-order valence-corrected chi connectivity index (χ2v) is 4.27. The highest BCUT2D eigenvalue weighted by molar-refractivity contribution is 5.62. The lowest BCUT2D eigenvalue weighted by Gasteiger charge is -2.12. The molecule has 3 rings (SSSR count). The number of nitrogens with zero attached hydrogens (tertiary/aromatic N) is 4. The maximum atomic E-state index is 12.9. The van der Waals surface area contributed by atoms with Crippen LogP contribution in [-0.4, -0.2) is 19.6 Å². The lowest BCUT2D eigenvalue weighted by Crippen LogP contribution is -2.06. The SMILES string of the molecule is Cc1nc2ncnn2c(Nc2ccc(F)cc2)c1C. The van der Waals surface area contributed by atoms with Crippen LogP contribution in [0.4, 0.5) is 15.9 Å². The molecule has 0 bridgehead atoms. The first kappa shape index (κ1) is 11.6. The van der Waals surface area contributed by atoms with Crippen LogP contribution in [0.1, 0.15) is 11.3 Å². The van der Waals surface area contributed by atoms with Crippen molar-refractivity contribution in [1.29, 1.82) is 0 Å². The van der Waals surface area contributed by atoms with Crippen molar-refractivity contribution < 1.29 is 4.39 Å². The largest absolute Gasteiger partial charge is 0.340 e. The molecule has 0 spiro atoms. The summed E-state index contributed by atoms with van der Waals surface area (Å²) in [6.07, 6.45) is 1.46. The van der Waals surface area contributed by atoms with Crippen LogP contribution in [0.3, 0.4) is 0 Å². The maximum Gasteiger partial charge on any atom is 0.254 e. The Balaban J connectivity index is 2.11. The summed E-state index contributed by atoms with van der Waals surface area (Å²) in [4.78, 5) is 8.42. The second-order valence-electron chi connectivity index (χ2n) is 4.27. The van der Waals surface area contributed by atoms with Gasteiger partial charge in [0.25, 0.3) is 5.78 Å². The van der Waals surface area contributed by atoms with Crippen LogP contribution in [-0.2, 0) is 0 Å². The van der Waals surface area contributed by atoms with Crippen LogP contribution < -0.4 is 5.32 Å². The molecule has 2 aromatic heterocycles. The van der Waals surface area contributed by atoms with Crippen molar-refractivity contribution in [2.45, 2.75) is 13.8 Å². The van der Waals surface area contributed by atoms with Gasteiger partial charge in [0.2, 0.25) is 0 Å². The lowest BCUT2D eigenvalue weighted by atomic mass is 10.2. The highest BCUT2D eigenvalue weighted by Crippen LogP contribution is 2.22. The lowest BCUT2D eigenvalue weighted by molar-refractivity contribution is 0.628. The molecular formula is C13H12FN5. The standard InChI is InChI=1S/C13H12FN5/c1-8-9(2)17-13-15-7-16-19(13)12(8)18-11-5-3-10(14)4-6-11/h3-7,18H,1-2H3. The Morgan fingerprint density at radius 2 is 1.89 bits per heavy atom. The molecule has 2 heterocycles. The van der Waals surface area contributed by atoms with Crippen LogP contribution in [0.2, 0.25) is 0 Å². The van der Waals surface area contributed by atoms with Crippen molar-refractivity contribution in [3.8, 4) is 0 Å². The van der Waals surface area contributed by atoms with Gasteiger partial charge in [-0.05, 0) is 38.1 Å². The van der Waals surface area contributed by atoms with E-state index in [1.807, 2.05) is 13.8 Å². The van der Waals surface area contributed by atoms with Gasteiger partial charge in [0, 0.05) is 16.9 Å². The van der Waals surface area contributed by atoms with Gasteiger partial charge >= 0.3 is 0 Å². The Morgan fingerprint density at radius 3 is 2.63 bits per heavy atom. The third-order valence-corrected chi connectivity index (χ3v) is 3.01. The molecule has 1 N–H and O–H groups in total. The molecule has 0 saturated carbocycles. The molecule has 0 aliphatic carbocycles. The quantitative estimate of drug-likeness (QED) is 0.766. The Bertz CT molecular complexity index is 733. The van der Waals surface area contributed by atoms with Gasteiger partial charge in [0.1, 0.15) is 18.0 Å². The highest BCUT2D eigenvalue weighted by atomic mass is 19.1. The van der Waals surface area contributed by atoms with Gasteiger partial charge in [-0.1, -0.05) is 0 Å². The van der Waals surface area contributed by atoms with Crippen molar-refractivity contribution >= 4 is 17.3 Å². The summed E-state index contributed by atoms with van der Waals surface area (Å²) in [5, 5.41) is 7.36. The zero-order valence-corrected chi connectivity index (χ0v) is 10.6. The molecule has 0 aliphatic heterocycles. The average molecular weight is 257 g/mol. The summed E-state index contributed by atoms with van der Waals surface area (Å²) in [6, 6.07) is 6.16. The van der Waals surface area contributed by atoms with E-state index in [1.54, 1.807) is 16.6 Å². The monoisotopic (exact) mass is 257 g/mol. The average Bonchev–Trinajstić information content (AvgIpc) is 2.85. The fourth-order valence-corrected chi connectivity index (χ4v) is 1.85. The van der Waals surface area contributed by atoms with Crippen LogP contribution in [0.5, 0.6) is 0 Å². The predicted octanol–water partition coefficient (Wildman–Crippen LogP) is 2.62. The van der Waals surface area contributed by atoms with E-state index in [2.05, 4.69) is 20.4 Å². The molecular weight excluding hydrogens is 245 g/mol. The van der Waals surface area contributed by atoms with Crippen LogP contribution >= 0.6 is 0 Å². The molecule has 3 aromatic rings. The smallest absolute Gasteiger partial charge is 0.254 e. The number of hydrogen-bond acceptors (Lipinski definition) is 4. The van der Waals surface area contributed by atoms with Gasteiger partial charge in [-0.2, -0.15) is 14.6 Å². The number of aromatic nitrogens is 4. The first-order chi connectivity index (χ1) is 9.15. The number of anilines is 2. The molecule has 0 aliphatic rings. The van der Waals surface area contributed by atoms with Gasteiger partial charge in [-0.3, -0.25) is 0 Å². The van der Waals surface area contributed by atoms with Gasteiger partial charge in [0.05, 0.1) is 0 Å². The molecule has 5 nitrogen and oxygen atoms in total. The number of fused-ring (bicyclic) bond motifs is 1. The van der Waals surface area contributed by atoms with Gasteiger partial charge in [-0.15, -0.1) is 0 Å². The Labute approximate surface area is 109 Å². The summed E-state index contributed by atoms with van der Waals surface area (Å²) in [5.41, 5.74) is 2.64. The summed E-state index contributed by atoms with van der Waals surface area (Å²) in [5.74, 6) is 1.05. The normalized spacial score (nSPS) is 10.9. The van der Waals surface area contributed by atoms with Crippen LogP contribution in [0.25, 0.3) is 5.78 Å². The first-order valence-electron chi connectivity index (χ1n) is 5.84. The third kappa shape index (κ3) is 2.01. The Morgan fingerprint density at radius 1 is 1.16 bits per heavy atom. The number of rotatable bonds is 2. The van der Waals surface area contributed by atoms with Crippen LogP contribution in [0.15, 0.2) is 30.6 Å². The number of nitrogens with one attached hydrogen (secondary N) is 1. The number of halogens is 1. The maximum absolute atomic E-state index is 12.9. The van der Waals surface area contributed by atoms with E-state index in [0.717, 1.165) is 22.8 Å². The van der Waals surface area contributed by atoms with Crippen molar-refractivity contribution in [1.82, 2.24) is 19.6 Å². The number of aryl methyl sites for hydroxylation is 1. The van der Waals surface area contributed by atoms with E-state index >= 15 is 0 Å². The van der Waals surface area contributed by atoms with E-state index in [0.29, 0.717) is 5.78 Å². The first-order valence-corrected chi connectivity index (χ1v) is 5.84. The van der Waals surface area contributed by atoms with E-state index < -0.39 is 0 Å². The summed E-state index contributed by atoms with van der Waals surface area (Å²) in [7, 11) is 0. The molecule has 0 fully saturated rings. The Kier molecular flexibility index (Phi) is 2.63. The second kappa shape index (κ2) is 4.31. The minimum absolute atomic E-state index is 0.265. The molecule has 0 unspecified atom stereocenters. The summed E-state index contributed by atoms with van der Waals surface area (Å²) < 4.78 is 14.5. The fraction of sp³-hybridized carbons (Fsp3) is 0.154. The highest BCUT2D eigenvalue weighted by Gasteiger charge is 2.11. The van der Waals surface area contributed by atoms with Gasteiger partial charge in [0.15, 0.2) is 0 Å². The summed E-state index contributed by atoms with van der Waals surface area (Å²) >= 11 is 0. The van der Waals surface area contributed by atoms with Crippen LogP contribution in [0, 0.1) is 19.7 Å². The van der Waals surface area contributed by atoms with Crippen molar-refractivity contribution in [3.05, 3.63) is 47.7 Å². The molecule has 0 amide bonds. The van der Waals surface area contributed by atoms with Crippen molar-refractivity contribution in [3.63, 3.8) is 0 Å². The molecule has 96 valence electrons. The fourth-order valence-electron chi connectivity index (χ4n) is 1.85. The van der Waals surface area contributed by atoms with Gasteiger partial charge in [-0.25, -0.2) is 9.37 Å². The van der Waals surface area contributed by atoms with E-state index in [9.17, 15) is 4.39 Å². The molecule has 0 saturated heterocycles. The zero-order valence-electron chi connectivity index (χ0n) is 10.6. The molecule has 0 radical (unpaired) electrons. The molecule has 1 aromatic carbocycles. The van der Waals surface area contributed by atoms with Crippen molar-refractivity contribution in [2.24, 2.45) is 0 Å². The Hall–Kier alpha value is -2.50. The zero-order chi connectivity index (χ0) is 13.4. The van der Waals surface area contributed by atoms with E-state index in [-0.39, 0.29) is 5.82 Å². The molecule has 0 atom stereocenters. The predicted molar refractivity (Wildman–Crippen MR) is 69.9 cm³/mol. The number of benzene rings is 1. The summed E-state index contributed by atoms with van der Waals surface area (Å²) in [6.45, 7) is 3.87. The van der Waals surface area contributed by atoms with E-state index in [4.69, 9.17) is 0 Å². The molecule has 6 heteroatoms. The van der Waals surface area contributed by atoms with Crippen molar-refractivity contribution in [2.75, 3.05) is 5.32 Å². The number of hydrogen-bond donors (Lipinski definition) is 1. The molecule has 19 heavy (non-hydrogen) atoms. The topological polar surface area (TPSA) is 55.1 Å². The third-order valence-electron chi connectivity index (χ3n) is 3.01. The van der Waals surface area contributed by atoms with Gasteiger partial charge < -0.3 is 5.32 Å². The minimum Gasteiger partial charge on any atom is -0.340 e.